The maximum atomic E-state index is 13.2. The monoisotopic (exact) mass is 294 g/mol. The predicted molar refractivity (Wildman–Crippen MR) is 70.5 cm³/mol. The van der Waals surface area contributed by atoms with Gasteiger partial charge < -0.3 is 5.73 Å². The minimum Gasteiger partial charge on any atom is -0.396 e. The van der Waals surface area contributed by atoms with Gasteiger partial charge in [-0.25, -0.2) is 12.8 Å². The van der Waals surface area contributed by atoms with E-state index in [0.29, 0.717) is 6.54 Å². The molecular weight excluding hydrogens is 279 g/mol. The zero-order valence-corrected chi connectivity index (χ0v) is 12.0. The zero-order chi connectivity index (χ0) is 14.1. The molecule has 0 spiro atoms. The van der Waals surface area contributed by atoms with Gasteiger partial charge in [0, 0.05) is 12.6 Å². The van der Waals surface area contributed by atoms with Gasteiger partial charge in [0.2, 0.25) is 10.0 Å². The van der Waals surface area contributed by atoms with Crippen LogP contribution in [0.5, 0.6) is 0 Å². The number of hydrogen-bond acceptors (Lipinski definition) is 3. The molecule has 0 unspecified atom stereocenters. The van der Waals surface area contributed by atoms with Crippen molar-refractivity contribution in [1.82, 2.24) is 4.31 Å². The lowest BCUT2D eigenvalue weighted by atomic mass is 10.3. The molecule has 7 heteroatoms. The molecule has 0 fully saturated rings. The number of benzene rings is 1. The second kappa shape index (κ2) is 5.42. The van der Waals surface area contributed by atoms with Crippen molar-refractivity contribution in [1.29, 1.82) is 0 Å². The summed E-state index contributed by atoms with van der Waals surface area (Å²) in [4.78, 5) is -0.168. The summed E-state index contributed by atoms with van der Waals surface area (Å²) in [5.41, 5.74) is 5.15. The van der Waals surface area contributed by atoms with Crippen LogP contribution in [-0.2, 0) is 10.0 Å². The van der Waals surface area contributed by atoms with Crippen molar-refractivity contribution >= 4 is 27.3 Å². The van der Waals surface area contributed by atoms with Crippen molar-refractivity contribution in [2.45, 2.75) is 31.7 Å². The lowest BCUT2D eigenvalue weighted by Gasteiger charge is -2.24. The average molecular weight is 295 g/mol. The summed E-state index contributed by atoms with van der Waals surface area (Å²) in [5.74, 6) is -0.730. The van der Waals surface area contributed by atoms with Crippen LogP contribution in [0.25, 0.3) is 0 Å². The number of nitrogens with zero attached hydrogens (tertiary/aromatic N) is 1. The van der Waals surface area contributed by atoms with Crippen LogP contribution < -0.4 is 5.73 Å². The number of anilines is 1. The van der Waals surface area contributed by atoms with E-state index in [1.165, 1.54) is 4.31 Å². The highest BCUT2D eigenvalue weighted by Crippen LogP contribution is 2.29. The van der Waals surface area contributed by atoms with E-state index in [1.807, 2.05) is 0 Å². The van der Waals surface area contributed by atoms with Crippen LogP contribution >= 0.6 is 11.6 Å². The Morgan fingerprint density at radius 3 is 2.44 bits per heavy atom. The highest BCUT2D eigenvalue weighted by molar-refractivity contribution is 7.89. The molecule has 0 saturated carbocycles. The number of sulfonamides is 1. The van der Waals surface area contributed by atoms with Crippen LogP contribution in [0.2, 0.25) is 5.02 Å². The normalized spacial score (nSPS) is 12.4. The third-order valence-corrected chi connectivity index (χ3v) is 5.14. The van der Waals surface area contributed by atoms with E-state index in [0.717, 1.165) is 12.1 Å². The Kier molecular flexibility index (Phi) is 4.58. The Labute approximate surface area is 112 Å². The van der Waals surface area contributed by atoms with Crippen molar-refractivity contribution in [2.24, 2.45) is 0 Å². The van der Waals surface area contributed by atoms with Gasteiger partial charge in [-0.1, -0.05) is 18.5 Å². The fourth-order valence-electron chi connectivity index (χ4n) is 1.68. The minimum atomic E-state index is -3.77. The summed E-state index contributed by atoms with van der Waals surface area (Å²) >= 11 is 5.79. The van der Waals surface area contributed by atoms with Crippen molar-refractivity contribution in [3.8, 4) is 0 Å². The first-order valence-corrected chi connectivity index (χ1v) is 7.30. The molecule has 0 atom stereocenters. The highest BCUT2D eigenvalue weighted by atomic mass is 35.5. The van der Waals surface area contributed by atoms with E-state index >= 15 is 0 Å². The quantitative estimate of drug-likeness (QED) is 0.868. The van der Waals surface area contributed by atoms with Crippen molar-refractivity contribution < 1.29 is 12.8 Å². The van der Waals surface area contributed by atoms with E-state index in [-0.39, 0.29) is 21.6 Å². The second-order valence-corrected chi connectivity index (χ2v) is 6.37. The van der Waals surface area contributed by atoms with Crippen LogP contribution in [0.15, 0.2) is 17.0 Å². The van der Waals surface area contributed by atoms with Gasteiger partial charge >= 0.3 is 0 Å². The molecule has 0 radical (unpaired) electrons. The van der Waals surface area contributed by atoms with Crippen LogP contribution in [0.1, 0.15) is 20.8 Å². The van der Waals surface area contributed by atoms with Crippen LogP contribution in [0, 0.1) is 5.82 Å². The first-order valence-electron chi connectivity index (χ1n) is 5.48. The molecule has 1 aromatic rings. The van der Waals surface area contributed by atoms with Gasteiger partial charge in [0.1, 0.15) is 10.7 Å². The fraction of sp³-hybridized carbons (Fsp3) is 0.455. The minimum absolute atomic E-state index is 0.166. The molecule has 18 heavy (non-hydrogen) atoms. The summed E-state index contributed by atoms with van der Waals surface area (Å²) in [6, 6.07) is 1.75. The molecule has 1 aromatic carbocycles. The van der Waals surface area contributed by atoms with Crippen molar-refractivity contribution in [3.63, 3.8) is 0 Å². The van der Waals surface area contributed by atoms with Gasteiger partial charge in [0.25, 0.3) is 0 Å². The molecule has 0 aromatic heterocycles. The summed E-state index contributed by atoms with van der Waals surface area (Å²) in [5, 5.41) is -0.166. The third kappa shape index (κ3) is 2.76. The average Bonchev–Trinajstić information content (AvgIpc) is 2.23. The lowest BCUT2D eigenvalue weighted by Crippen LogP contribution is -2.36. The standard InChI is InChI=1S/C11H16ClFN2O2S/c1-4-15(7(2)3)18(16,17)11-6-10(14)9(13)5-8(11)12/h5-7H,4,14H2,1-3H3. The summed E-state index contributed by atoms with van der Waals surface area (Å²) in [7, 11) is -3.77. The van der Waals surface area contributed by atoms with Crippen LogP contribution in [0.4, 0.5) is 10.1 Å². The van der Waals surface area contributed by atoms with E-state index in [2.05, 4.69) is 0 Å². The number of rotatable bonds is 4. The van der Waals surface area contributed by atoms with Gasteiger partial charge in [0.15, 0.2) is 0 Å². The number of hydrogen-bond donors (Lipinski definition) is 1. The smallest absolute Gasteiger partial charge is 0.244 e. The van der Waals surface area contributed by atoms with Crippen LogP contribution in [-0.4, -0.2) is 25.3 Å². The Morgan fingerprint density at radius 1 is 1.44 bits per heavy atom. The van der Waals surface area contributed by atoms with Gasteiger partial charge in [-0.05, 0) is 26.0 Å². The van der Waals surface area contributed by atoms with Crippen LogP contribution in [0.3, 0.4) is 0 Å². The molecule has 1 rings (SSSR count). The largest absolute Gasteiger partial charge is 0.396 e. The molecule has 0 bridgehead atoms. The molecule has 102 valence electrons. The highest BCUT2D eigenvalue weighted by Gasteiger charge is 2.28. The van der Waals surface area contributed by atoms with E-state index in [1.54, 1.807) is 20.8 Å². The van der Waals surface area contributed by atoms with Gasteiger partial charge in [-0.2, -0.15) is 4.31 Å². The summed E-state index contributed by atoms with van der Waals surface area (Å²) in [6.45, 7) is 5.52. The summed E-state index contributed by atoms with van der Waals surface area (Å²) in [6.07, 6.45) is 0. The molecule has 4 nitrogen and oxygen atoms in total. The van der Waals surface area contributed by atoms with Crippen molar-refractivity contribution in [3.05, 3.63) is 23.0 Å². The molecule has 0 saturated heterocycles. The Balaban J connectivity index is 3.41. The Bertz CT molecular complexity index is 546. The van der Waals surface area contributed by atoms with Gasteiger partial charge in [-0.3, -0.25) is 0 Å². The molecule has 0 heterocycles. The second-order valence-electron chi connectivity index (χ2n) is 4.11. The first-order chi connectivity index (χ1) is 8.21. The third-order valence-electron chi connectivity index (χ3n) is 2.53. The number of nitrogen functional groups attached to an aromatic ring is 1. The molecule has 2 N–H and O–H groups in total. The van der Waals surface area contributed by atoms with Gasteiger partial charge in [0.05, 0.1) is 10.7 Å². The van der Waals surface area contributed by atoms with E-state index in [9.17, 15) is 12.8 Å². The Hall–Kier alpha value is -0.850. The maximum absolute atomic E-state index is 13.2. The SMILES string of the molecule is CCN(C(C)C)S(=O)(=O)c1cc(N)c(F)cc1Cl. The number of nitrogens with two attached hydrogens (primary N) is 1. The van der Waals surface area contributed by atoms with E-state index in [4.69, 9.17) is 17.3 Å². The predicted octanol–water partition coefficient (Wildman–Crippen LogP) is 2.48. The van der Waals surface area contributed by atoms with E-state index < -0.39 is 15.8 Å². The maximum Gasteiger partial charge on any atom is 0.244 e. The number of halogens is 2. The van der Waals surface area contributed by atoms with Crippen molar-refractivity contribution in [2.75, 3.05) is 12.3 Å². The fourth-order valence-corrected chi connectivity index (χ4v) is 3.85. The summed E-state index contributed by atoms with van der Waals surface area (Å²) < 4.78 is 39.1. The Morgan fingerprint density at radius 2 is 2.00 bits per heavy atom. The van der Waals surface area contributed by atoms with Gasteiger partial charge in [-0.15, -0.1) is 0 Å². The molecule has 0 aliphatic heterocycles. The molecule has 0 aliphatic carbocycles. The molecule has 0 amide bonds. The topological polar surface area (TPSA) is 63.4 Å². The first kappa shape index (κ1) is 15.2. The lowest BCUT2D eigenvalue weighted by molar-refractivity contribution is 0.369. The molecule has 0 aliphatic rings. The zero-order valence-electron chi connectivity index (χ0n) is 10.4. The molecular formula is C11H16ClFN2O2S.